The quantitative estimate of drug-likeness (QED) is 0.0399. The van der Waals surface area contributed by atoms with Gasteiger partial charge < -0.3 is 47.4 Å². The minimum Gasteiger partial charge on any atom is -0.382 e. The number of hydrogen-bond acceptors (Lipinski definition) is 24. The molecule has 0 fully saturated rings. The van der Waals surface area contributed by atoms with Crippen LogP contribution in [0.4, 0.5) is 0 Å². The van der Waals surface area contributed by atoms with E-state index in [0.29, 0.717) is 38.3 Å². The van der Waals surface area contributed by atoms with E-state index in [4.69, 9.17) is 47.4 Å². The third-order valence-corrected chi connectivity index (χ3v) is 8.91. The molecule has 55 heavy (non-hydrogen) atoms. The van der Waals surface area contributed by atoms with E-state index in [0.717, 1.165) is 25.0 Å². The largest absolute Gasteiger partial charge is 0.382 e. The standard InChI is InChI=1S/C14H30O15S4.C10H22O5S2.C2H6S2.CH4/c1-30(15,16)11-24-7-13(26-9-28-32(3,19)20)5-23-6-14(8-25-12-31(2,17)18)27-10-29-33(4,21)22;1-11-3-9(14-7-16)5-13-6-10(4-12-2)15-8-17;1-3-4-2;/h13-14H,5-12H2,1-4H3;9-10,16-17H,3-8H2,1-2H3;1-2H3;1H4. The van der Waals surface area contributed by atoms with Crippen LogP contribution in [0.25, 0.3) is 0 Å². The van der Waals surface area contributed by atoms with Gasteiger partial charge in [0.15, 0.2) is 33.3 Å². The first-order chi connectivity index (χ1) is 25.1. The van der Waals surface area contributed by atoms with Crippen molar-refractivity contribution in [3.8, 4) is 0 Å². The van der Waals surface area contributed by atoms with Crippen LogP contribution in [-0.2, 0) is 95.6 Å². The summed E-state index contributed by atoms with van der Waals surface area (Å²) in [6.07, 6.45) is 5.48. The van der Waals surface area contributed by atoms with Gasteiger partial charge in [-0.25, -0.2) is 25.2 Å². The maximum atomic E-state index is 11.2. The lowest BCUT2D eigenvalue weighted by atomic mass is 10.4. The summed E-state index contributed by atoms with van der Waals surface area (Å²) < 4.78 is 150. The van der Waals surface area contributed by atoms with Crippen molar-refractivity contribution in [1.29, 1.82) is 0 Å². The number of methoxy groups -OCH3 is 2. The molecule has 0 saturated carbocycles. The van der Waals surface area contributed by atoms with Gasteiger partial charge in [-0.1, -0.05) is 29.0 Å². The maximum Gasteiger partial charge on any atom is 0.266 e. The summed E-state index contributed by atoms with van der Waals surface area (Å²) in [5.41, 5.74) is 0. The van der Waals surface area contributed by atoms with Crippen LogP contribution in [-0.4, -0.2) is 200 Å². The van der Waals surface area contributed by atoms with Crippen LogP contribution in [0.3, 0.4) is 0 Å². The average molecular weight is 963 g/mol. The lowest BCUT2D eigenvalue weighted by Gasteiger charge is -2.21. The molecule has 0 aliphatic heterocycles. The zero-order chi connectivity index (χ0) is 42.1. The van der Waals surface area contributed by atoms with E-state index in [-0.39, 0.29) is 46.1 Å². The van der Waals surface area contributed by atoms with Crippen LogP contribution >= 0.6 is 46.8 Å². The summed E-state index contributed by atoms with van der Waals surface area (Å²) in [6.45, 7) is -0.656. The highest BCUT2D eigenvalue weighted by molar-refractivity contribution is 8.76. The Morgan fingerprint density at radius 1 is 0.473 bits per heavy atom. The first kappa shape index (κ1) is 62.4. The Morgan fingerprint density at radius 3 is 0.964 bits per heavy atom. The molecule has 0 saturated heterocycles. The fraction of sp³-hybridized carbons (Fsp3) is 1.00. The van der Waals surface area contributed by atoms with E-state index in [9.17, 15) is 33.7 Å². The highest BCUT2D eigenvalue weighted by atomic mass is 33.1. The molecule has 0 aliphatic rings. The predicted molar refractivity (Wildman–Crippen MR) is 219 cm³/mol. The molecule has 0 aromatic heterocycles. The molecule has 0 radical (unpaired) electrons. The van der Waals surface area contributed by atoms with E-state index in [1.165, 1.54) is 0 Å². The van der Waals surface area contributed by atoms with Crippen molar-refractivity contribution in [2.45, 2.75) is 31.8 Å². The van der Waals surface area contributed by atoms with Gasteiger partial charge in [0.2, 0.25) is 0 Å². The molecule has 0 aliphatic carbocycles. The molecule has 28 heteroatoms. The topological polar surface area (TPSA) is 247 Å². The van der Waals surface area contributed by atoms with Gasteiger partial charge >= 0.3 is 0 Å². The zero-order valence-electron chi connectivity index (χ0n) is 31.7. The van der Waals surface area contributed by atoms with Gasteiger partial charge in [-0.05, 0) is 12.5 Å². The van der Waals surface area contributed by atoms with Crippen molar-refractivity contribution in [2.75, 3.05) is 142 Å². The Hall–Kier alpha value is 0.720. The van der Waals surface area contributed by atoms with Gasteiger partial charge in [0, 0.05) is 26.7 Å². The second-order valence-electron chi connectivity index (χ2n) is 10.4. The molecule has 0 aromatic carbocycles. The van der Waals surface area contributed by atoms with E-state index >= 15 is 0 Å². The highest BCUT2D eigenvalue weighted by Crippen LogP contribution is 2.09. The lowest BCUT2D eigenvalue weighted by molar-refractivity contribution is -0.124. The number of thiol groups is 2. The van der Waals surface area contributed by atoms with Crippen molar-refractivity contribution >= 4 is 86.8 Å². The number of ether oxygens (including phenoxy) is 10. The fourth-order valence-corrected chi connectivity index (χ4v) is 4.59. The molecular formula is C27H62O20S8. The smallest absolute Gasteiger partial charge is 0.266 e. The number of hydrogen-bond donors (Lipinski definition) is 2. The van der Waals surface area contributed by atoms with Gasteiger partial charge in [0.1, 0.15) is 36.3 Å². The minimum atomic E-state index is -3.79. The zero-order valence-corrected chi connectivity index (χ0v) is 38.4. The van der Waals surface area contributed by atoms with Crippen LogP contribution in [0.5, 0.6) is 0 Å². The Kier molecular flexibility index (Phi) is 42.8. The molecule has 0 rings (SSSR count). The molecular weight excluding hydrogens is 901 g/mol. The molecule has 4 atom stereocenters. The molecule has 0 bridgehead atoms. The van der Waals surface area contributed by atoms with E-state index in [2.05, 4.69) is 46.1 Å². The van der Waals surface area contributed by atoms with E-state index < -0.39 is 77.6 Å². The van der Waals surface area contributed by atoms with Crippen LogP contribution in [0.2, 0.25) is 0 Å². The van der Waals surface area contributed by atoms with Gasteiger partial charge in [-0.2, -0.15) is 42.1 Å². The molecule has 0 heterocycles. The normalized spacial score (nSPS) is 14.4. The van der Waals surface area contributed by atoms with Crippen LogP contribution in [0.15, 0.2) is 0 Å². The molecule has 20 nitrogen and oxygen atoms in total. The molecule has 0 N–H and O–H groups in total. The molecule has 0 aromatic rings. The van der Waals surface area contributed by atoms with Crippen molar-refractivity contribution in [2.24, 2.45) is 0 Å². The summed E-state index contributed by atoms with van der Waals surface area (Å²) in [7, 11) is -7.68. The summed E-state index contributed by atoms with van der Waals surface area (Å²) in [6, 6.07) is 0. The molecule has 338 valence electrons. The average Bonchev–Trinajstić information content (AvgIpc) is 3.03. The fourth-order valence-electron chi connectivity index (χ4n) is 2.91. The summed E-state index contributed by atoms with van der Waals surface area (Å²) in [4.78, 5) is 0. The minimum absolute atomic E-state index is 0. The van der Waals surface area contributed by atoms with Crippen molar-refractivity contribution < 1.29 is 89.4 Å². The molecule has 0 spiro atoms. The Balaban J connectivity index is -0.000000493. The number of sulfone groups is 2. The summed E-state index contributed by atoms with van der Waals surface area (Å²) in [5, 5.41) is 0. The van der Waals surface area contributed by atoms with Crippen molar-refractivity contribution in [1.82, 2.24) is 0 Å². The van der Waals surface area contributed by atoms with Crippen molar-refractivity contribution in [3.63, 3.8) is 0 Å². The first-order valence-electron chi connectivity index (χ1n) is 15.1. The molecule has 4 unspecified atom stereocenters. The number of rotatable bonds is 33. The van der Waals surface area contributed by atoms with Crippen LogP contribution < -0.4 is 0 Å². The van der Waals surface area contributed by atoms with Gasteiger partial charge in [-0.15, -0.1) is 0 Å². The Morgan fingerprint density at radius 2 is 0.745 bits per heavy atom. The van der Waals surface area contributed by atoms with Gasteiger partial charge in [0.05, 0.1) is 77.2 Å². The second-order valence-corrected chi connectivity index (χ2v) is 21.1. The van der Waals surface area contributed by atoms with Crippen LogP contribution in [0.1, 0.15) is 7.43 Å². The van der Waals surface area contributed by atoms with Gasteiger partial charge in [0.25, 0.3) is 20.2 Å². The van der Waals surface area contributed by atoms with E-state index in [1.807, 2.05) is 0 Å². The highest BCUT2D eigenvalue weighted by Gasteiger charge is 2.18. The third kappa shape index (κ3) is 52.7. The molecule has 0 amide bonds. The predicted octanol–water partition coefficient (Wildman–Crippen LogP) is 0.783. The SMILES string of the molecule is C.COCC(COCC(COC)OCS)OCS.CS(=O)(=O)COCC(COCC(COCS(C)(=O)=O)OCOS(C)(=O)=O)OCOS(C)(=O)=O.CSSC. The Bertz CT molecular complexity index is 1120. The monoisotopic (exact) mass is 962 g/mol. The second kappa shape index (κ2) is 37.7. The van der Waals surface area contributed by atoms with Gasteiger partial charge in [-0.3, -0.25) is 0 Å². The lowest BCUT2D eigenvalue weighted by Crippen LogP contribution is -2.33. The van der Waals surface area contributed by atoms with E-state index in [1.54, 1.807) is 35.8 Å². The first-order valence-corrected chi connectivity index (χ1v) is 27.1. The van der Waals surface area contributed by atoms with Crippen LogP contribution in [0, 0.1) is 0 Å². The third-order valence-electron chi connectivity index (χ3n) is 5.04. The van der Waals surface area contributed by atoms with Crippen molar-refractivity contribution in [3.05, 3.63) is 0 Å². The maximum absolute atomic E-state index is 11.2. The Labute approximate surface area is 347 Å². The summed E-state index contributed by atoms with van der Waals surface area (Å²) >= 11 is 7.99. The summed E-state index contributed by atoms with van der Waals surface area (Å²) in [5.74, 6) is -0.556.